The Hall–Kier alpha value is -2.89. The Kier molecular flexibility index (Phi) is 4.50. The predicted octanol–water partition coefficient (Wildman–Crippen LogP) is 2.05. The quantitative estimate of drug-likeness (QED) is 0.851. The average molecular weight is 286 g/mol. The van der Waals surface area contributed by atoms with Gasteiger partial charge in [0.1, 0.15) is 17.7 Å². The number of aldehydes is 1. The van der Waals surface area contributed by atoms with E-state index in [4.69, 9.17) is 9.47 Å². The molecule has 2 rings (SSSR count). The van der Waals surface area contributed by atoms with E-state index in [1.807, 2.05) is 0 Å². The lowest BCUT2D eigenvalue weighted by Gasteiger charge is -2.11. The molecule has 2 aromatic rings. The lowest BCUT2D eigenvalue weighted by Crippen LogP contribution is -2.18. The van der Waals surface area contributed by atoms with Crippen LogP contribution in [0.15, 0.2) is 36.5 Å². The number of nitrogens with one attached hydrogen (secondary N) is 1. The van der Waals surface area contributed by atoms with Gasteiger partial charge in [0.15, 0.2) is 11.5 Å². The first-order valence-electron chi connectivity index (χ1n) is 6.17. The Balaban J connectivity index is 2.29. The Morgan fingerprint density at radius 1 is 1.24 bits per heavy atom. The summed E-state index contributed by atoms with van der Waals surface area (Å²) in [6, 6.07) is 7.96. The van der Waals surface area contributed by atoms with Crippen LogP contribution >= 0.6 is 0 Å². The molecule has 1 N–H and O–H groups in total. The van der Waals surface area contributed by atoms with Crippen molar-refractivity contribution in [3.63, 3.8) is 0 Å². The third-order valence-corrected chi connectivity index (χ3v) is 2.74. The molecule has 0 bridgehead atoms. The number of carbonyl (C=O) groups is 2. The van der Waals surface area contributed by atoms with Crippen molar-refractivity contribution in [2.75, 3.05) is 14.2 Å². The maximum absolute atomic E-state index is 11.5. The summed E-state index contributed by atoms with van der Waals surface area (Å²) < 4.78 is 10.9. The zero-order valence-corrected chi connectivity index (χ0v) is 11.6. The molecular weight excluding hydrogens is 272 g/mol. The van der Waals surface area contributed by atoms with Crippen LogP contribution in [-0.4, -0.2) is 31.3 Å². The van der Waals surface area contributed by atoms with Crippen LogP contribution in [0.4, 0.5) is 0 Å². The van der Waals surface area contributed by atoms with Gasteiger partial charge in [-0.25, -0.2) is 0 Å². The topological polar surface area (TPSA) is 77.5 Å². The maximum Gasteiger partial charge on any atom is 0.269 e. The molecule has 0 atom stereocenters. The van der Waals surface area contributed by atoms with Crippen molar-refractivity contribution in [1.29, 1.82) is 0 Å². The van der Waals surface area contributed by atoms with Gasteiger partial charge in [0, 0.05) is 24.9 Å². The van der Waals surface area contributed by atoms with E-state index in [1.165, 1.54) is 26.4 Å². The molecule has 0 saturated carbocycles. The smallest absolute Gasteiger partial charge is 0.269 e. The van der Waals surface area contributed by atoms with Gasteiger partial charge in [-0.1, -0.05) is 0 Å². The van der Waals surface area contributed by atoms with E-state index in [-0.39, 0.29) is 11.6 Å². The van der Waals surface area contributed by atoms with Gasteiger partial charge in [-0.3, -0.25) is 14.6 Å². The molecule has 0 aliphatic carbocycles. The van der Waals surface area contributed by atoms with Gasteiger partial charge in [-0.2, -0.15) is 0 Å². The molecule has 1 aromatic heterocycles. The Labute approximate surface area is 121 Å². The first-order chi connectivity index (χ1) is 10.2. The van der Waals surface area contributed by atoms with Crippen molar-refractivity contribution < 1.29 is 19.1 Å². The number of nitrogens with zero attached hydrogens (tertiary/aromatic N) is 1. The number of rotatable bonds is 5. The second kappa shape index (κ2) is 6.51. The van der Waals surface area contributed by atoms with Crippen molar-refractivity contribution in [2.45, 2.75) is 0 Å². The molecule has 6 nitrogen and oxygen atoms in total. The molecule has 1 amide bonds. The normalized spacial score (nSPS) is 9.81. The minimum Gasteiger partial charge on any atom is -0.493 e. The third kappa shape index (κ3) is 3.36. The molecule has 0 aliphatic heterocycles. The zero-order valence-electron chi connectivity index (χ0n) is 11.6. The number of carbonyl (C=O) groups excluding carboxylic acids is 2. The highest BCUT2D eigenvalue weighted by atomic mass is 16.5. The molecule has 21 heavy (non-hydrogen) atoms. The van der Waals surface area contributed by atoms with Crippen molar-refractivity contribution in [2.24, 2.45) is 0 Å². The lowest BCUT2D eigenvalue weighted by atomic mass is 10.2. The van der Waals surface area contributed by atoms with Gasteiger partial charge in [0.05, 0.1) is 7.11 Å². The third-order valence-electron chi connectivity index (χ3n) is 2.74. The Morgan fingerprint density at radius 3 is 2.71 bits per heavy atom. The van der Waals surface area contributed by atoms with Crippen LogP contribution in [0, 0.1) is 0 Å². The fraction of sp³-hybridized carbons (Fsp3) is 0.133. The molecule has 1 aromatic carbocycles. The minimum atomic E-state index is -0.302. The van der Waals surface area contributed by atoms with Crippen LogP contribution in [0.25, 0.3) is 0 Å². The van der Waals surface area contributed by atoms with E-state index >= 15 is 0 Å². The molecule has 1 heterocycles. The molecule has 0 aliphatic rings. The van der Waals surface area contributed by atoms with Crippen LogP contribution in [0.5, 0.6) is 17.2 Å². The molecular formula is C15H14N2O4. The zero-order chi connectivity index (χ0) is 15.2. The van der Waals surface area contributed by atoms with Gasteiger partial charge in [0.2, 0.25) is 0 Å². The van der Waals surface area contributed by atoms with Gasteiger partial charge in [0.25, 0.3) is 5.91 Å². The van der Waals surface area contributed by atoms with Gasteiger partial charge in [-0.15, -0.1) is 0 Å². The van der Waals surface area contributed by atoms with E-state index in [0.717, 1.165) is 6.29 Å². The first-order valence-corrected chi connectivity index (χ1v) is 6.17. The molecule has 0 radical (unpaired) electrons. The highest BCUT2D eigenvalue weighted by Crippen LogP contribution is 2.32. The van der Waals surface area contributed by atoms with Crippen LogP contribution in [-0.2, 0) is 0 Å². The van der Waals surface area contributed by atoms with Crippen molar-refractivity contribution in [1.82, 2.24) is 10.3 Å². The summed E-state index contributed by atoms with van der Waals surface area (Å²) in [5, 5.41) is 2.49. The molecule has 0 saturated heterocycles. The first kappa shape index (κ1) is 14.5. The maximum atomic E-state index is 11.5. The molecule has 0 unspecified atom stereocenters. The number of amides is 1. The van der Waals surface area contributed by atoms with Crippen LogP contribution in [0.2, 0.25) is 0 Å². The monoisotopic (exact) mass is 286 g/mol. The largest absolute Gasteiger partial charge is 0.493 e. The van der Waals surface area contributed by atoms with Crippen LogP contribution in [0.3, 0.4) is 0 Å². The van der Waals surface area contributed by atoms with E-state index in [2.05, 4.69) is 10.3 Å². The van der Waals surface area contributed by atoms with E-state index < -0.39 is 0 Å². The predicted molar refractivity (Wildman–Crippen MR) is 76.1 cm³/mol. The standard InChI is InChI=1S/C15H14N2O4/c1-16-15(19)12-8-11(5-6-17-12)21-13-4-3-10(9-18)7-14(13)20-2/h3-9H,1-2H3,(H,16,19). The number of pyridine rings is 1. The summed E-state index contributed by atoms with van der Waals surface area (Å²) >= 11 is 0. The van der Waals surface area contributed by atoms with Crippen LogP contribution in [0.1, 0.15) is 20.8 Å². The molecule has 0 fully saturated rings. The lowest BCUT2D eigenvalue weighted by molar-refractivity contribution is 0.0957. The van der Waals surface area contributed by atoms with Gasteiger partial charge < -0.3 is 14.8 Å². The summed E-state index contributed by atoms with van der Waals surface area (Å²) in [5.74, 6) is 1.01. The summed E-state index contributed by atoms with van der Waals surface area (Å²) in [7, 11) is 3.01. The van der Waals surface area contributed by atoms with Gasteiger partial charge >= 0.3 is 0 Å². The number of ether oxygens (including phenoxy) is 2. The molecule has 6 heteroatoms. The SMILES string of the molecule is CNC(=O)c1cc(Oc2ccc(C=O)cc2OC)ccn1. The fourth-order valence-corrected chi connectivity index (χ4v) is 1.70. The highest BCUT2D eigenvalue weighted by molar-refractivity contribution is 5.92. The van der Waals surface area contributed by atoms with Crippen molar-refractivity contribution in [3.8, 4) is 17.2 Å². The van der Waals surface area contributed by atoms with Crippen molar-refractivity contribution in [3.05, 3.63) is 47.8 Å². The minimum absolute atomic E-state index is 0.249. The number of aromatic nitrogens is 1. The van der Waals surface area contributed by atoms with E-state index in [0.29, 0.717) is 22.8 Å². The Morgan fingerprint density at radius 2 is 2.05 bits per heavy atom. The number of hydrogen-bond donors (Lipinski definition) is 1. The van der Waals surface area contributed by atoms with E-state index in [9.17, 15) is 9.59 Å². The second-order valence-corrected chi connectivity index (χ2v) is 4.09. The summed E-state index contributed by atoms with van der Waals surface area (Å²) in [6.45, 7) is 0. The average Bonchev–Trinajstić information content (AvgIpc) is 2.54. The molecule has 108 valence electrons. The van der Waals surface area contributed by atoms with Crippen LogP contribution < -0.4 is 14.8 Å². The highest BCUT2D eigenvalue weighted by Gasteiger charge is 2.10. The van der Waals surface area contributed by atoms with Gasteiger partial charge in [-0.05, 0) is 24.3 Å². The fourth-order valence-electron chi connectivity index (χ4n) is 1.70. The van der Waals surface area contributed by atoms with E-state index in [1.54, 1.807) is 24.3 Å². The number of methoxy groups -OCH3 is 1. The summed E-state index contributed by atoms with van der Waals surface area (Å²) in [6.07, 6.45) is 2.20. The summed E-state index contributed by atoms with van der Waals surface area (Å²) in [5.41, 5.74) is 0.735. The van der Waals surface area contributed by atoms with Crippen molar-refractivity contribution >= 4 is 12.2 Å². The number of hydrogen-bond acceptors (Lipinski definition) is 5. The molecule has 0 spiro atoms. The summed E-state index contributed by atoms with van der Waals surface area (Å²) in [4.78, 5) is 26.2. The second-order valence-electron chi connectivity index (χ2n) is 4.09. The Bertz CT molecular complexity index is 670. The number of benzene rings is 1.